The van der Waals surface area contributed by atoms with Gasteiger partial charge in [-0.05, 0) is 92.9 Å². The van der Waals surface area contributed by atoms with Crippen LogP contribution in [-0.2, 0) is 19.1 Å². The highest BCUT2D eigenvalue weighted by Crippen LogP contribution is 2.28. The first-order valence-corrected chi connectivity index (χ1v) is 13.8. The Morgan fingerprint density at radius 3 is 2.26 bits per heavy atom. The molecule has 3 rings (SSSR count). The molecule has 11 heteroatoms. The van der Waals surface area contributed by atoms with Crippen molar-refractivity contribution >= 4 is 41.3 Å². The minimum absolute atomic E-state index is 0.0156. The number of ether oxygens (including phenoxy) is 3. The highest BCUT2D eigenvalue weighted by atomic mass is 16.5. The zero-order valence-electron chi connectivity index (χ0n) is 24.7. The van der Waals surface area contributed by atoms with Crippen molar-refractivity contribution in [2.75, 3.05) is 30.5 Å². The van der Waals surface area contributed by atoms with E-state index in [0.29, 0.717) is 34.9 Å². The molecular weight excluding hydrogens is 552 g/mol. The average molecular weight is 589 g/mol. The van der Waals surface area contributed by atoms with Crippen molar-refractivity contribution < 1.29 is 33.4 Å². The van der Waals surface area contributed by atoms with E-state index < -0.39 is 17.8 Å². The molecule has 0 saturated carbocycles. The Bertz CT molecular complexity index is 1470. The smallest absolute Gasteiger partial charge is 0.338 e. The van der Waals surface area contributed by atoms with E-state index in [1.165, 1.54) is 6.21 Å². The molecule has 3 aromatic rings. The zero-order valence-corrected chi connectivity index (χ0v) is 24.7. The number of benzene rings is 3. The van der Waals surface area contributed by atoms with Crippen molar-refractivity contribution in [1.29, 1.82) is 0 Å². The van der Waals surface area contributed by atoms with Crippen LogP contribution in [0.15, 0.2) is 65.8 Å². The second-order valence-corrected chi connectivity index (χ2v) is 9.36. The summed E-state index contributed by atoms with van der Waals surface area (Å²) in [6.07, 6.45) is 1.43. The van der Waals surface area contributed by atoms with Crippen molar-refractivity contribution in [3.8, 4) is 11.5 Å². The third kappa shape index (κ3) is 10.3. The Balaban J connectivity index is 1.48. The van der Waals surface area contributed by atoms with Crippen LogP contribution in [0.25, 0.3) is 0 Å². The SMILES string of the molecule is CCOC(=O)c1ccc(NC(=O)COc2ccc(C=NNC(=O)CCC(=O)Nc3cccc(C)c3C)cc2OCC)cc1. The van der Waals surface area contributed by atoms with Gasteiger partial charge in [0.1, 0.15) is 0 Å². The molecular formula is C32H36N4O7. The second kappa shape index (κ2) is 16.3. The number of aryl methyl sites for hydroxylation is 1. The van der Waals surface area contributed by atoms with Crippen LogP contribution in [0.2, 0.25) is 0 Å². The molecule has 0 spiro atoms. The lowest BCUT2D eigenvalue weighted by molar-refractivity contribution is -0.124. The minimum atomic E-state index is -0.434. The lowest BCUT2D eigenvalue weighted by Crippen LogP contribution is -2.21. The summed E-state index contributed by atoms with van der Waals surface area (Å²) in [5.41, 5.74) is 6.70. The molecule has 0 bridgehead atoms. The lowest BCUT2D eigenvalue weighted by atomic mass is 10.1. The second-order valence-electron chi connectivity index (χ2n) is 9.36. The van der Waals surface area contributed by atoms with Gasteiger partial charge < -0.3 is 24.8 Å². The maximum atomic E-state index is 12.4. The number of hydrogen-bond acceptors (Lipinski definition) is 8. The van der Waals surface area contributed by atoms with E-state index in [0.717, 1.165) is 16.8 Å². The van der Waals surface area contributed by atoms with Gasteiger partial charge in [-0.3, -0.25) is 14.4 Å². The van der Waals surface area contributed by atoms with E-state index in [4.69, 9.17) is 14.2 Å². The number of carbonyl (C=O) groups is 4. The Hall–Kier alpha value is -5.19. The fourth-order valence-corrected chi connectivity index (χ4v) is 3.80. The van der Waals surface area contributed by atoms with E-state index in [1.54, 1.807) is 49.4 Å². The molecule has 0 fully saturated rings. The van der Waals surface area contributed by atoms with E-state index in [9.17, 15) is 19.2 Å². The van der Waals surface area contributed by atoms with Crippen molar-refractivity contribution in [3.05, 3.63) is 82.9 Å². The molecule has 0 atom stereocenters. The van der Waals surface area contributed by atoms with Gasteiger partial charge in [0, 0.05) is 24.2 Å². The third-order valence-corrected chi connectivity index (χ3v) is 6.17. The van der Waals surface area contributed by atoms with E-state index in [-0.39, 0.29) is 32.0 Å². The molecule has 3 amide bonds. The van der Waals surface area contributed by atoms with Gasteiger partial charge >= 0.3 is 5.97 Å². The number of esters is 1. The Labute approximate surface area is 250 Å². The van der Waals surface area contributed by atoms with Gasteiger partial charge in [0.05, 0.1) is 25.0 Å². The Kier molecular flexibility index (Phi) is 12.3. The molecule has 0 aliphatic heterocycles. The zero-order chi connectivity index (χ0) is 31.2. The molecule has 3 aromatic carbocycles. The number of hydrogen-bond donors (Lipinski definition) is 3. The summed E-state index contributed by atoms with van der Waals surface area (Å²) in [5.74, 6) is -0.749. The lowest BCUT2D eigenvalue weighted by Gasteiger charge is -2.13. The van der Waals surface area contributed by atoms with Gasteiger partial charge in [-0.25, -0.2) is 10.2 Å². The number of carbonyl (C=O) groups excluding carboxylic acids is 4. The predicted octanol–water partition coefficient (Wildman–Crippen LogP) is 4.77. The predicted molar refractivity (Wildman–Crippen MR) is 164 cm³/mol. The summed E-state index contributed by atoms with van der Waals surface area (Å²) in [5, 5.41) is 9.49. The van der Waals surface area contributed by atoms with Gasteiger partial charge in [-0.2, -0.15) is 5.10 Å². The number of anilines is 2. The number of nitrogens with zero attached hydrogens (tertiary/aromatic N) is 1. The Morgan fingerprint density at radius 2 is 1.53 bits per heavy atom. The van der Waals surface area contributed by atoms with Crippen LogP contribution in [-0.4, -0.2) is 49.7 Å². The summed E-state index contributed by atoms with van der Waals surface area (Å²) < 4.78 is 16.3. The fraction of sp³-hybridized carbons (Fsp3) is 0.281. The minimum Gasteiger partial charge on any atom is -0.490 e. The van der Waals surface area contributed by atoms with Gasteiger partial charge in [0.2, 0.25) is 11.8 Å². The summed E-state index contributed by atoms with van der Waals surface area (Å²) in [6.45, 7) is 7.79. The molecule has 0 unspecified atom stereocenters. The molecule has 0 radical (unpaired) electrons. The van der Waals surface area contributed by atoms with Gasteiger partial charge in [0.25, 0.3) is 5.91 Å². The molecule has 0 aliphatic rings. The molecule has 3 N–H and O–H groups in total. The van der Waals surface area contributed by atoms with Crippen LogP contribution in [0, 0.1) is 13.8 Å². The first kappa shape index (κ1) is 32.3. The van der Waals surface area contributed by atoms with Crippen LogP contribution < -0.4 is 25.5 Å². The highest BCUT2D eigenvalue weighted by Gasteiger charge is 2.12. The monoisotopic (exact) mass is 588 g/mol. The molecule has 11 nitrogen and oxygen atoms in total. The van der Waals surface area contributed by atoms with Crippen molar-refractivity contribution in [2.24, 2.45) is 5.10 Å². The molecule has 43 heavy (non-hydrogen) atoms. The van der Waals surface area contributed by atoms with Crippen molar-refractivity contribution in [1.82, 2.24) is 5.43 Å². The maximum Gasteiger partial charge on any atom is 0.338 e. The van der Waals surface area contributed by atoms with Crippen LogP contribution >= 0.6 is 0 Å². The fourth-order valence-electron chi connectivity index (χ4n) is 3.80. The van der Waals surface area contributed by atoms with E-state index in [1.807, 2.05) is 39.0 Å². The van der Waals surface area contributed by atoms with Gasteiger partial charge in [0.15, 0.2) is 18.1 Å². The first-order chi connectivity index (χ1) is 20.7. The van der Waals surface area contributed by atoms with Crippen LogP contribution in [0.1, 0.15) is 53.7 Å². The summed E-state index contributed by atoms with van der Waals surface area (Å²) in [7, 11) is 0. The van der Waals surface area contributed by atoms with E-state index in [2.05, 4.69) is 21.2 Å². The maximum absolute atomic E-state index is 12.4. The van der Waals surface area contributed by atoms with Crippen molar-refractivity contribution in [2.45, 2.75) is 40.5 Å². The normalized spacial score (nSPS) is 10.6. The molecule has 0 heterocycles. The van der Waals surface area contributed by atoms with Gasteiger partial charge in [-0.1, -0.05) is 12.1 Å². The molecule has 226 valence electrons. The highest BCUT2D eigenvalue weighted by molar-refractivity contribution is 5.95. The largest absolute Gasteiger partial charge is 0.490 e. The molecule has 0 saturated heterocycles. The standard InChI is InChI=1S/C32H36N4O7/c1-5-41-28-18-23(19-33-36-30(38)17-16-29(37)35-26-9-7-8-21(3)22(26)4)10-15-27(28)43-20-31(39)34-25-13-11-24(12-14-25)32(40)42-6-2/h7-15,18-19H,5-6,16-17,20H2,1-4H3,(H,34,39)(H,35,37)(H,36,38). The molecule has 0 aromatic heterocycles. The molecule has 0 aliphatic carbocycles. The summed E-state index contributed by atoms with van der Waals surface area (Å²) >= 11 is 0. The first-order valence-electron chi connectivity index (χ1n) is 13.8. The average Bonchev–Trinajstić information content (AvgIpc) is 2.98. The topological polar surface area (TPSA) is 144 Å². The van der Waals surface area contributed by atoms with Gasteiger partial charge in [-0.15, -0.1) is 0 Å². The van der Waals surface area contributed by atoms with Crippen molar-refractivity contribution in [3.63, 3.8) is 0 Å². The number of rotatable bonds is 14. The Morgan fingerprint density at radius 1 is 0.791 bits per heavy atom. The van der Waals surface area contributed by atoms with E-state index >= 15 is 0 Å². The summed E-state index contributed by atoms with van der Waals surface area (Å²) in [4.78, 5) is 48.6. The number of nitrogens with one attached hydrogen (secondary N) is 3. The van der Waals surface area contributed by atoms with Crippen LogP contribution in [0.5, 0.6) is 11.5 Å². The number of amides is 3. The van der Waals surface area contributed by atoms with Crippen LogP contribution in [0.4, 0.5) is 11.4 Å². The van der Waals surface area contributed by atoms with Crippen LogP contribution in [0.3, 0.4) is 0 Å². The number of hydrazone groups is 1. The quantitative estimate of drug-likeness (QED) is 0.140. The summed E-state index contributed by atoms with van der Waals surface area (Å²) in [6, 6.07) is 17.0. The third-order valence-electron chi connectivity index (χ3n) is 6.17.